The molecule has 1 saturated heterocycles. The van der Waals surface area contributed by atoms with Crippen LogP contribution in [0.4, 0.5) is 4.79 Å². The highest BCUT2D eigenvalue weighted by molar-refractivity contribution is 5.66. The average molecular weight is 272 g/mol. The highest BCUT2D eigenvalue weighted by Gasteiger charge is 2.34. The summed E-state index contributed by atoms with van der Waals surface area (Å²) in [6.45, 7) is 8.12. The van der Waals surface area contributed by atoms with Gasteiger partial charge >= 0.3 is 6.09 Å². The van der Waals surface area contributed by atoms with Crippen LogP contribution in [-0.4, -0.2) is 54.5 Å². The second kappa shape index (κ2) is 7.10. The summed E-state index contributed by atoms with van der Waals surface area (Å²) >= 11 is 0. The molecule has 5 nitrogen and oxygen atoms in total. The van der Waals surface area contributed by atoms with Gasteiger partial charge in [0.05, 0.1) is 0 Å². The largest absolute Gasteiger partial charge is 0.465 e. The van der Waals surface area contributed by atoms with Crippen molar-refractivity contribution in [2.45, 2.75) is 51.6 Å². The van der Waals surface area contributed by atoms with Crippen LogP contribution in [0.15, 0.2) is 0 Å². The van der Waals surface area contributed by atoms with Gasteiger partial charge in [-0.3, -0.25) is 4.90 Å². The maximum absolute atomic E-state index is 11.6. The Morgan fingerprint density at radius 2 is 2.21 bits per heavy atom. The monoisotopic (exact) mass is 272 g/mol. The van der Waals surface area contributed by atoms with E-state index < -0.39 is 6.09 Å². The van der Waals surface area contributed by atoms with Crippen molar-refractivity contribution in [3.05, 3.63) is 0 Å². The Hall–Kier alpha value is -0.810. The van der Waals surface area contributed by atoms with Crippen LogP contribution in [0.25, 0.3) is 0 Å². The summed E-state index contributed by atoms with van der Waals surface area (Å²) < 4.78 is 5.50. The lowest BCUT2D eigenvalue weighted by atomic mass is 9.91. The maximum Gasteiger partial charge on any atom is 0.408 e. The number of nitrogens with one attached hydrogen (secondary N) is 1. The third kappa shape index (κ3) is 4.99. The van der Waals surface area contributed by atoms with Gasteiger partial charge in [0.2, 0.25) is 0 Å². The van der Waals surface area contributed by atoms with E-state index in [9.17, 15) is 9.90 Å². The van der Waals surface area contributed by atoms with Crippen LogP contribution in [0, 0.1) is 5.92 Å². The van der Waals surface area contributed by atoms with Crippen molar-refractivity contribution in [3.63, 3.8) is 0 Å². The van der Waals surface area contributed by atoms with E-state index in [1.165, 1.54) is 0 Å². The Morgan fingerprint density at radius 3 is 2.63 bits per heavy atom. The molecule has 2 atom stereocenters. The van der Waals surface area contributed by atoms with Crippen molar-refractivity contribution < 1.29 is 14.6 Å². The van der Waals surface area contributed by atoms with Crippen LogP contribution in [0.2, 0.25) is 0 Å². The number of carbonyl (C=O) groups is 1. The van der Waals surface area contributed by atoms with Crippen LogP contribution in [0.1, 0.15) is 40.0 Å². The molecule has 0 aliphatic carbocycles. The molecular weight excluding hydrogens is 244 g/mol. The Bertz CT molecular complexity index is 283. The molecule has 0 radical (unpaired) electrons. The van der Waals surface area contributed by atoms with Gasteiger partial charge < -0.3 is 15.2 Å². The molecule has 0 bridgehead atoms. The minimum atomic E-state index is -0.843. The van der Waals surface area contributed by atoms with Gasteiger partial charge in [0.1, 0.15) is 0 Å². The quantitative estimate of drug-likeness (QED) is 0.805. The van der Waals surface area contributed by atoms with Crippen LogP contribution >= 0.6 is 0 Å². The summed E-state index contributed by atoms with van der Waals surface area (Å²) in [5, 5.41) is 12.6. The van der Waals surface area contributed by atoms with Crippen molar-refractivity contribution in [1.29, 1.82) is 0 Å². The summed E-state index contributed by atoms with van der Waals surface area (Å²) in [6, 6.07) is -0.00537. The molecule has 1 aliphatic heterocycles. The van der Waals surface area contributed by atoms with Gasteiger partial charge in [0.25, 0.3) is 0 Å². The highest BCUT2D eigenvalue weighted by atomic mass is 16.5. The lowest BCUT2D eigenvalue weighted by Gasteiger charge is -2.41. The molecule has 1 amide bonds. The number of nitrogens with zero attached hydrogens (tertiary/aromatic N) is 1. The predicted molar refractivity (Wildman–Crippen MR) is 75.5 cm³/mol. The molecule has 0 aromatic heterocycles. The fraction of sp³-hybridized carbons (Fsp3) is 0.929. The molecular formula is C14H28N2O3. The van der Waals surface area contributed by atoms with Gasteiger partial charge in [-0.25, -0.2) is 4.79 Å². The van der Waals surface area contributed by atoms with Crippen LogP contribution in [0.5, 0.6) is 0 Å². The molecule has 2 N–H and O–H groups in total. The summed E-state index contributed by atoms with van der Waals surface area (Å²) in [7, 11) is 1.87. The summed E-state index contributed by atoms with van der Waals surface area (Å²) in [6.07, 6.45) is 2.24. The van der Waals surface area contributed by atoms with Crippen molar-refractivity contribution in [3.8, 4) is 0 Å². The zero-order valence-corrected chi connectivity index (χ0v) is 12.6. The minimum Gasteiger partial charge on any atom is -0.465 e. The molecule has 1 rings (SSSR count). The Morgan fingerprint density at radius 1 is 1.53 bits per heavy atom. The van der Waals surface area contributed by atoms with Gasteiger partial charge in [-0.1, -0.05) is 0 Å². The first-order chi connectivity index (χ1) is 8.86. The summed E-state index contributed by atoms with van der Waals surface area (Å²) in [4.78, 5) is 13.2. The smallest absolute Gasteiger partial charge is 0.408 e. The number of carboxylic acid groups (broad SMARTS) is 1. The molecule has 0 aromatic carbocycles. The fourth-order valence-electron chi connectivity index (χ4n) is 2.88. The predicted octanol–water partition coefficient (Wildman–Crippen LogP) is 2.17. The standard InChI is InChI=1S/C14H28N2O3/c1-14(2,3)16(13(17)18)12(9-15-4)8-11-6-5-7-19-10-11/h11-12,15H,5-10H2,1-4H3,(H,17,18)/t11-,12+/m1/s1. The molecule has 0 unspecified atom stereocenters. The molecule has 0 aromatic rings. The van der Waals surface area contributed by atoms with E-state index in [2.05, 4.69) is 5.32 Å². The van der Waals surface area contributed by atoms with Crippen molar-refractivity contribution >= 4 is 6.09 Å². The van der Waals surface area contributed by atoms with Crippen LogP contribution in [0.3, 0.4) is 0 Å². The fourth-order valence-corrected chi connectivity index (χ4v) is 2.88. The average Bonchev–Trinajstić information content (AvgIpc) is 2.28. The van der Waals surface area contributed by atoms with Gasteiger partial charge in [-0.15, -0.1) is 0 Å². The second-order valence-corrected chi connectivity index (χ2v) is 6.35. The van der Waals surface area contributed by atoms with E-state index in [0.29, 0.717) is 12.5 Å². The number of ether oxygens (including phenoxy) is 1. The molecule has 5 heteroatoms. The zero-order valence-electron chi connectivity index (χ0n) is 12.6. The molecule has 19 heavy (non-hydrogen) atoms. The van der Waals surface area contributed by atoms with E-state index >= 15 is 0 Å². The topological polar surface area (TPSA) is 61.8 Å². The number of hydrogen-bond donors (Lipinski definition) is 2. The SMILES string of the molecule is CNC[C@H](C[C@H]1CCCOC1)N(C(=O)O)C(C)(C)C. The van der Waals surface area contributed by atoms with E-state index in [0.717, 1.165) is 32.5 Å². The summed E-state index contributed by atoms with van der Waals surface area (Å²) in [5.74, 6) is 0.469. The van der Waals surface area contributed by atoms with Gasteiger partial charge in [0, 0.05) is 31.3 Å². The Balaban J connectivity index is 2.75. The molecule has 1 fully saturated rings. The Labute approximate surface area is 116 Å². The first-order valence-corrected chi connectivity index (χ1v) is 7.11. The maximum atomic E-state index is 11.6. The second-order valence-electron chi connectivity index (χ2n) is 6.35. The third-order valence-electron chi connectivity index (χ3n) is 3.59. The first kappa shape index (κ1) is 16.2. The van der Waals surface area contributed by atoms with Gasteiger partial charge in [-0.2, -0.15) is 0 Å². The van der Waals surface area contributed by atoms with E-state index in [4.69, 9.17) is 4.74 Å². The van der Waals surface area contributed by atoms with Gasteiger partial charge in [0.15, 0.2) is 0 Å². The van der Waals surface area contributed by atoms with Crippen molar-refractivity contribution in [2.24, 2.45) is 5.92 Å². The van der Waals surface area contributed by atoms with E-state index in [-0.39, 0.29) is 11.6 Å². The lowest BCUT2D eigenvalue weighted by Crippen LogP contribution is -2.54. The summed E-state index contributed by atoms with van der Waals surface area (Å²) in [5.41, 5.74) is -0.386. The molecule has 0 saturated carbocycles. The highest BCUT2D eigenvalue weighted by Crippen LogP contribution is 2.25. The zero-order chi connectivity index (χ0) is 14.5. The Kier molecular flexibility index (Phi) is 6.07. The van der Waals surface area contributed by atoms with Crippen LogP contribution in [-0.2, 0) is 4.74 Å². The first-order valence-electron chi connectivity index (χ1n) is 7.11. The van der Waals surface area contributed by atoms with Gasteiger partial charge in [-0.05, 0) is 53.0 Å². The minimum absolute atomic E-state index is 0.00537. The van der Waals surface area contributed by atoms with Crippen molar-refractivity contribution in [1.82, 2.24) is 10.2 Å². The van der Waals surface area contributed by atoms with Crippen molar-refractivity contribution in [2.75, 3.05) is 26.8 Å². The number of amides is 1. The third-order valence-corrected chi connectivity index (χ3v) is 3.59. The van der Waals surface area contributed by atoms with E-state index in [1.807, 2.05) is 27.8 Å². The normalized spacial score (nSPS) is 22.0. The number of rotatable bonds is 5. The molecule has 0 spiro atoms. The molecule has 1 aliphatic rings. The number of likely N-dealkylation sites (N-methyl/N-ethyl adjacent to an activating group) is 1. The molecule has 112 valence electrons. The number of hydrogen-bond acceptors (Lipinski definition) is 3. The molecule has 1 heterocycles. The lowest BCUT2D eigenvalue weighted by molar-refractivity contribution is 0.0224. The van der Waals surface area contributed by atoms with E-state index in [1.54, 1.807) is 4.90 Å². The van der Waals surface area contributed by atoms with Crippen LogP contribution < -0.4 is 5.32 Å².